The molecule has 1 saturated carbocycles. The molecular formula is C13H27N3O. The zero-order valence-corrected chi connectivity index (χ0v) is 11.3. The molecule has 3 unspecified atom stereocenters. The van der Waals surface area contributed by atoms with Gasteiger partial charge in [0.2, 0.25) is 0 Å². The highest BCUT2D eigenvalue weighted by molar-refractivity contribution is 5.80. The Bertz CT molecular complexity index is 245. The highest BCUT2D eigenvalue weighted by atomic mass is 16.4. The topological polar surface area (TPSA) is 70.6 Å². The first kappa shape index (κ1) is 14.3. The zero-order chi connectivity index (χ0) is 12.8. The Morgan fingerprint density at radius 3 is 2.41 bits per heavy atom. The van der Waals surface area contributed by atoms with E-state index < -0.39 is 0 Å². The second-order valence-electron chi connectivity index (χ2n) is 5.68. The molecule has 1 aliphatic rings. The van der Waals surface area contributed by atoms with E-state index in [0.29, 0.717) is 24.3 Å². The van der Waals surface area contributed by atoms with Crippen molar-refractivity contribution in [1.29, 1.82) is 0 Å². The molecule has 100 valence electrons. The third-order valence-electron chi connectivity index (χ3n) is 3.73. The lowest BCUT2D eigenvalue weighted by Crippen LogP contribution is -2.43. The molecule has 4 nitrogen and oxygen atoms in total. The number of amidine groups is 1. The van der Waals surface area contributed by atoms with Crippen molar-refractivity contribution >= 4 is 5.84 Å². The molecule has 1 fully saturated rings. The number of oxime groups is 1. The number of nitrogens with two attached hydrogens (primary N) is 1. The first-order valence-corrected chi connectivity index (χ1v) is 6.77. The number of nitrogens with one attached hydrogen (secondary N) is 1. The maximum atomic E-state index is 8.60. The van der Waals surface area contributed by atoms with Crippen LogP contribution in [-0.4, -0.2) is 23.1 Å². The second-order valence-corrected chi connectivity index (χ2v) is 5.68. The van der Waals surface area contributed by atoms with Crippen molar-refractivity contribution in [2.24, 2.45) is 22.7 Å². The van der Waals surface area contributed by atoms with Gasteiger partial charge in [-0.15, -0.1) is 0 Å². The van der Waals surface area contributed by atoms with E-state index in [9.17, 15) is 0 Å². The summed E-state index contributed by atoms with van der Waals surface area (Å²) in [7, 11) is 0. The minimum Gasteiger partial charge on any atom is -0.409 e. The Morgan fingerprint density at radius 2 is 1.94 bits per heavy atom. The van der Waals surface area contributed by atoms with E-state index >= 15 is 0 Å². The number of hydrogen-bond donors (Lipinski definition) is 3. The molecule has 4 heteroatoms. The molecule has 0 aromatic heterocycles. The third kappa shape index (κ3) is 4.94. The van der Waals surface area contributed by atoms with E-state index in [0.717, 1.165) is 18.3 Å². The fraction of sp³-hybridized carbons (Fsp3) is 0.923. The van der Waals surface area contributed by atoms with Gasteiger partial charge in [0.1, 0.15) is 5.84 Å². The summed E-state index contributed by atoms with van der Waals surface area (Å²) in [6.07, 6.45) is 5.48. The summed E-state index contributed by atoms with van der Waals surface area (Å²) in [6, 6.07) is 0.915. The standard InChI is InChI=1S/C13H27N3O/c1-4-11(8-13(14)16-17)15-12-6-9(2)5-10(3)7-12/h9-12,15,17H,4-8H2,1-3H3,(H2,14,16). The lowest BCUT2D eigenvalue weighted by Gasteiger charge is -2.34. The Labute approximate surface area is 105 Å². The SMILES string of the molecule is CCC(CC(N)=NO)NC1CC(C)CC(C)C1. The van der Waals surface area contributed by atoms with Crippen LogP contribution in [0.3, 0.4) is 0 Å². The molecule has 0 aromatic carbocycles. The minimum atomic E-state index is 0.321. The maximum absolute atomic E-state index is 8.60. The average molecular weight is 241 g/mol. The van der Waals surface area contributed by atoms with Crippen molar-refractivity contribution in [3.05, 3.63) is 0 Å². The van der Waals surface area contributed by atoms with Gasteiger partial charge in [0.15, 0.2) is 0 Å². The summed E-state index contributed by atoms with van der Waals surface area (Å²) in [5.74, 6) is 1.93. The van der Waals surface area contributed by atoms with Crippen LogP contribution in [0.2, 0.25) is 0 Å². The number of rotatable bonds is 5. The van der Waals surface area contributed by atoms with Crippen molar-refractivity contribution < 1.29 is 5.21 Å². The van der Waals surface area contributed by atoms with E-state index in [1.54, 1.807) is 0 Å². The largest absolute Gasteiger partial charge is 0.409 e. The van der Waals surface area contributed by atoms with Crippen LogP contribution in [0.1, 0.15) is 52.9 Å². The average Bonchev–Trinajstić information content (AvgIpc) is 2.26. The van der Waals surface area contributed by atoms with Gasteiger partial charge in [0.05, 0.1) is 0 Å². The summed E-state index contributed by atoms with van der Waals surface area (Å²) in [6.45, 7) is 6.79. The van der Waals surface area contributed by atoms with E-state index in [-0.39, 0.29) is 0 Å². The Hall–Kier alpha value is -0.770. The van der Waals surface area contributed by atoms with E-state index in [4.69, 9.17) is 10.9 Å². The Kier molecular flexibility index (Phi) is 5.75. The third-order valence-corrected chi connectivity index (χ3v) is 3.73. The van der Waals surface area contributed by atoms with Crippen LogP contribution in [0.25, 0.3) is 0 Å². The Balaban J connectivity index is 2.44. The number of hydrogen-bond acceptors (Lipinski definition) is 3. The quantitative estimate of drug-likeness (QED) is 0.299. The summed E-state index contributed by atoms with van der Waals surface area (Å²) in [5.41, 5.74) is 5.57. The summed E-state index contributed by atoms with van der Waals surface area (Å²) in [4.78, 5) is 0. The summed E-state index contributed by atoms with van der Waals surface area (Å²) in [5, 5.41) is 15.3. The normalized spacial score (nSPS) is 32.4. The first-order valence-electron chi connectivity index (χ1n) is 6.77. The lowest BCUT2D eigenvalue weighted by molar-refractivity contribution is 0.224. The summed E-state index contributed by atoms with van der Waals surface area (Å²) < 4.78 is 0. The lowest BCUT2D eigenvalue weighted by atomic mass is 9.80. The second kappa shape index (κ2) is 6.84. The van der Waals surface area contributed by atoms with Gasteiger partial charge in [0.25, 0.3) is 0 Å². The molecule has 4 N–H and O–H groups in total. The van der Waals surface area contributed by atoms with Gasteiger partial charge in [-0.2, -0.15) is 0 Å². The van der Waals surface area contributed by atoms with Crippen LogP contribution in [0.5, 0.6) is 0 Å². The van der Waals surface area contributed by atoms with Crippen LogP contribution in [-0.2, 0) is 0 Å². The van der Waals surface area contributed by atoms with Gasteiger partial charge in [-0.25, -0.2) is 0 Å². The fourth-order valence-electron chi connectivity index (χ4n) is 3.03. The van der Waals surface area contributed by atoms with Crippen LogP contribution in [0, 0.1) is 11.8 Å². The molecule has 0 aliphatic heterocycles. The summed E-state index contributed by atoms with van der Waals surface area (Å²) >= 11 is 0. The maximum Gasteiger partial charge on any atom is 0.140 e. The molecule has 0 heterocycles. The minimum absolute atomic E-state index is 0.321. The van der Waals surface area contributed by atoms with Crippen LogP contribution in [0.15, 0.2) is 5.16 Å². The molecule has 3 atom stereocenters. The van der Waals surface area contributed by atoms with Gasteiger partial charge in [-0.1, -0.05) is 25.9 Å². The van der Waals surface area contributed by atoms with E-state index in [1.807, 2.05) is 0 Å². The van der Waals surface area contributed by atoms with Crippen molar-refractivity contribution in [2.45, 2.75) is 65.0 Å². The van der Waals surface area contributed by atoms with Crippen LogP contribution >= 0.6 is 0 Å². The van der Waals surface area contributed by atoms with E-state index in [1.165, 1.54) is 19.3 Å². The predicted molar refractivity (Wildman–Crippen MR) is 71.2 cm³/mol. The molecule has 0 spiro atoms. The van der Waals surface area contributed by atoms with Crippen LogP contribution < -0.4 is 11.1 Å². The van der Waals surface area contributed by atoms with Gasteiger partial charge < -0.3 is 16.3 Å². The van der Waals surface area contributed by atoms with Crippen molar-refractivity contribution in [3.63, 3.8) is 0 Å². The molecule has 0 saturated heterocycles. The molecule has 0 bridgehead atoms. The van der Waals surface area contributed by atoms with Crippen molar-refractivity contribution in [3.8, 4) is 0 Å². The monoisotopic (exact) mass is 241 g/mol. The first-order chi connectivity index (χ1) is 8.05. The van der Waals surface area contributed by atoms with Crippen LogP contribution in [0.4, 0.5) is 0 Å². The smallest absolute Gasteiger partial charge is 0.140 e. The van der Waals surface area contributed by atoms with E-state index in [2.05, 4.69) is 31.2 Å². The predicted octanol–water partition coefficient (Wildman–Crippen LogP) is 2.32. The van der Waals surface area contributed by atoms with Crippen molar-refractivity contribution in [2.75, 3.05) is 0 Å². The molecular weight excluding hydrogens is 214 g/mol. The zero-order valence-electron chi connectivity index (χ0n) is 11.3. The van der Waals surface area contributed by atoms with Crippen molar-refractivity contribution in [1.82, 2.24) is 5.32 Å². The van der Waals surface area contributed by atoms with Gasteiger partial charge in [0, 0.05) is 18.5 Å². The molecule has 0 radical (unpaired) electrons. The Morgan fingerprint density at radius 1 is 1.35 bits per heavy atom. The molecule has 1 aliphatic carbocycles. The van der Waals surface area contributed by atoms with Gasteiger partial charge in [-0.3, -0.25) is 0 Å². The molecule has 0 amide bonds. The molecule has 1 rings (SSSR count). The highest BCUT2D eigenvalue weighted by Gasteiger charge is 2.25. The van der Waals surface area contributed by atoms with Gasteiger partial charge in [-0.05, 0) is 37.5 Å². The fourth-order valence-corrected chi connectivity index (χ4v) is 3.03. The highest BCUT2D eigenvalue weighted by Crippen LogP contribution is 2.28. The number of nitrogens with zero attached hydrogens (tertiary/aromatic N) is 1. The molecule has 17 heavy (non-hydrogen) atoms. The van der Waals surface area contributed by atoms with Gasteiger partial charge >= 0.3 is 0 Å². The molecule has 0 aromatic rings.